The van der Waals surface area contributed by atoms with E-state index >= 15 is 0 Å². The molecule has 1 fully saturated rings. The molecule has 1 aliphatic heterocycles. The number of Topliss-reactive ketones (excluding diaryl/α,β-unsaturated/α-hetero) is 2. The first-order chi connectivity index (χ1) is 28.4. The Kier molecular flexibility index (Phi) is 18.2. The number of benzene rings is 2. The average Bonchev–Trinajstić information content (AvgIpc) is 3.21. The molecule has 308 valence electrons. The maximum Gasteiger partial charge on any atom is 0.323 e. The lowest BCUT2D eigenvalue weighted by Crippen LogP contribution is -2.40. The van der Waals surface area contributed by atoms with Crippen LogP contribution in [0.5, 0.6) is 0 Å². The number of halogens is 1. The molecule has 3 heterocycles. The van der Waals surface area contributed by atoms with E-state index in [1.54, 1.807) is 60.7 Å². The number of hydrogen-bond donors (Lipinski definition) is 5. The summed E-state index contributed by atoms with van der Waals surface area (Å²) in [5.74, 6) is 5.18. The molecule has 0 spiro atoms. The zero-order valence-electron chi connectivity index (χ0n) is 33.0. The molecule has 1 unspecified atom stereocenters. The summed E-state index contributed by atoms with van der Waals surface area (Å²) in [6.07, 6.45) is 5.08. The fourth-order valence-electron chi connectivity index (χ4n) is 5.64. The highest BCUT2D eigenvalue weighted by Gasteiger charge is 2.24. The summed E-state index contributed by atoms with van der Waals surface area (Å²) in [6, 6.07) is 18.0. The number of nitrogens with zero attached hydrogens (tertiary/aromatic N) is 2. The predicted octanol–water partition coefficient (Wildman–Crippen LogP) is 5.90. The van der Waals surface area contributed by atoms with Crippen molar-refractivity contribution < 1.29 is 38.2 Å². The standard InChI is InChI=1S/C36H35ClN6O6.C7H11NO2/c1-24(44)31-7-4-8-32(34(31)25(2)45)39-15-17-48-19-20-49-18-16-41-35(46)27-6-3-5-26(21-27)9-10-28-22-29(11-13-38-28)42-36(47)43-30-12-14-40-33(37)23-30;1-2-5-3-4-6(9)8-7(5)10/h3-8,11-14,21-23,39H,15-20H2,1-2H3,(H,41,46)(H2,38,40,42,43,47);5H,2-4H2,1H3,(H,8,9,10). The van der Waals surface area contributed by atoms with Gasteiger partial charge in [-0.15, -0.1) is 0 Å². The van der Waals surface area contributed by atoms with Crippen LogP contribution in [0.15, 0.2) is 79.1 Å². The number of hydrogen-bond acceptors (Lipinski definition) is 11. The molecule has 2 aromatic heterocycles. The van der Waals surface area contributed by atoms with Crippen LogP contribution in [0.3, 0.4) is 0 Å². The Balaban J connectivity index is 0.000000670. The normalized spacial score (nSPS) is 13.1. The summed E-state index contributed by atoms with van der Waals surface area (Å²) >= 11 is 5.86. The van der Waals surface area contributed by atoms with Crippen LogP contribution in [0.4, 0.5) is 21.9 Å². The summed E-state index contributed by atoms with van der Waals surface area (Å²) in [7, 11) is 0. The van der Waals surface area contributed by atoms with Gasteiger partial charge in [0.25, 0.3) is 5.91 Å². The van der Waals surface area contributed by atoms with Crippen LogP contribution in [0, 0.1) is 17.8 Å². The summed E-state index contributed by atoms with van der Waals surface area (Å²) < 4.78 is 11.1. The van der Waals surface area contributed by atoms with Crippen molar-refractivity contribution in [3.8, 4) is 11.8 Å². The molecule has 0 radical (unpaired) electrons. The van der Waals surface area contributed by atoms with Gasteiger partial charge in [0.1, 0.15) is 10.8 Å². The molecule has 0 saturated carbocycles. The van der Waals surface area contributed by atoms with Crippen molar-refractivity contribution in [2.45, 2.75) is 40.0 Å². The van der Waals surface area contributed by atoms with Crippen molar-refractivity contribution in [1.82, 2.24) is 20.6 Å². The fraction of sp³-hybridized carbons (Fsp3) is 0.302. The van der Waals surface area contributed by atoms with E-state index in [9.17, 15) is 28.8 Å². The summed E-state index contributed by atoms with van der Waals surface area (Å²) in [4.78, 5) is 78.5. The summed E-state index contributed by atoms with van der Waals surface area (Å²) in [5.41, 5.74) is 3.85. The van der Waals surface area contributed by atoms with Crippen molar-refractivity contribution in [1.29, 1.82) is 0 Å². The minimum absolute atomic E-state index is 0.0673. The molecule has 1 saturated heterocycles. The quantitative estimate of drug-likeness (QED) is 0.0296. The highest BCUT2D eigenvalue weighted by molar-refractivity contribution is 6.29. The number of piperidine rings is 1. The molecule has 2 aromatic carbocycles. The molecule has 5 amide bonds. The Morgan fingerprint density at radius 2 is 1.53 bits per heavy atom. The van der Waals surface area contributed by atoms with Crippen LogP contribution in [0.25, 0.3) is 0 Å². The van der Waals surface area contributed by atoms with Crippen LogP contribution >= 0.6 is 11.6 Å². The van der Waals surface area contributed by atoms with Gasteiger partial charge in [-0.1, -0.05) is 42.6 Å². The fourth-order valence-corrected chi connectivity index (χ4v) is 5.82. The number of carbonyl (C=O) groups excluding carboxylic acids is 6. The molecule has 59 heavy (non-hydrogen) atoms. The topological polar surface area (TPSA) is 207 Å². The average molecular weight is 824 g/mol. The van der Waals surface area contributed by atoms with Crippen molar-refractivity contribution in [2.24, 2.45) is 5.92 Å². The van der Waals surface area contributed by atoms with Gasteiger partial charge in [0.2, 0.25) is 11.8 Å². The van der Waals surface area contributed by atoms with E-state index in [4.69, 9.17) is 21.1 Å². The first-order valence-electron chi connectivity index (χ1n) is 18.9. The molecule has 1 aliphatic rings. The van der Waals surface area contributed by atoms with Crippen LogP contribution in [-0.4, -0.2) is 84.8 Å². The molecular formula is C43H46ClN7O8. The SMILES string of the molecule is CC(=O)c1cccc(NCCOCCOCCNC(=O)c2cccc(C#Cc3cc(NC(=O)Nc4ccnc(Cl)c4)ccn3)c2)c1C(C)=O.CCC1CCC(=O)NC1=O. The number of nitrogens with one attached hydrogen (secondary N) is 5. The highest BCUT2D eigenvalue weighted by atomic mass is 35.5. The number of urea groups is 1. The van der Waals surface area contributed by atoms with Gasteiger partial charge in [-0.3, -0.25) is 29.3 Å². The first kappa shape index (κ1) is 45.2. The van der Waals surface area contributed by atoms with E-state index in [0.29, 0.717) is 90.9 Å². The lowest BCUT2D eigenvalue weighted by Gasteiger charge is -2.18. The van der Waals surface area contributed by atoms with Gasteiger partial charge < -0.3 is 30.7 Å². The minimum atomic E-state index is -0.464. The second-order valence-corrected chi connectivity index (χ2v) is 13.4. The number of pyridine rings is 2. The molecule has 0 bridgehead atoms. The molecular weight excluding hydrogens is 778 g/mol. The van der Waals surface area contributed by atoms with Gasteiger partial charge in [0, 0.05) is 71.6 Å². The molecule has 5 rings (SSSR count). The summed E-state index contributed by atoms with van der Waals surface area (Å²) in [6.45, 7) is 6.95. The zero-order chi connectivity index (χ0) is 42.6. The lowest BCUT2D eigenvalue weighted by molar-refractivity contribution is -0.136. The Hall–Kier alpha value is -6.47. The maximum absolute atomic E-state index is 12.7. The van der Waals surface area contributed by atoms with Crippen LogP contribution < -0.4 is 26.6 Å². The molecule has 5 N–H and O–H groups in total. The van der Waals surface area contributed by atoms with Gasteiger partial charge in [-0.05, 0) is 81.1 Å². The molecule has 0 aliphatic carbocycles. The summed E-state index contributed by atoms with van der Waals surface area (Å²) in [5, 5.41) is 13.9. The van der Waals surface area contributed by atoms with Gasteiger partial charge >= 0.3 is 6.03 Å². The zero-order valence-corrected chi connectivity index (χ0v) is 33.7. The van der Waals surface area contributed by atoms with Crippen LogP contribution in [-0.2, 0) is 19.1 Å². The molecule has 16 heteroatoms. The van der Waals surface area contributed by atoms with Gasteiger partial charge in [-0.2, -0.15) is 0 Å². The molecule has 15 nitrogen and oxygen atoms in total. The van der Waals surface area contributed by atoms with E-state index in [2.05, 4.69) is 48.4 Å². The monoisotopic (exact) mass is 823 g/mol. The highest BCUT2D eigenvalue weighted by Crippen LogP contribution is 2.21. The van der Waals surface area contributed by atoms with E-state index in [1.807, 2.05) is 6.92 Å². The van der Waals surface area contributed by atoms with E-state index in [0.717, 1.165) is 12.8 Å². The number of rotatable bonds is 16. The Morgan fingerprint density at radius 3 is 2.20 bits per heavy atom. The number of aromatic nitrogens is 2. The number of anilines is 3. The third kappa shape index (κ3) is 15.4. The van der Waals surface area contributed by atoms with Crippen LogP contribution in [0.2, 0.25) is 5.15 Å². The third-order valence-electron chi connectivity index (χ3n) is 8.57. The van der Waals surface area contributed by atoms with Crippen molar-refractivity contribution in [3.05, 3.63) is 112 Å². The van der Waals surface area contributed by atoms with Gasteiger partial charge in [0.05, 0.1) is 32.0 Å². The second-order valence-electron chi connectivity index (χ2n) is 13.0. The molecule has 4 aromatic rings. The van der Waals surface area contributed by atoms with Crippen molar-refractivity contribution >= 4 is 64.0 Å². The maximum atomic E-state index is 12.7. The Morgan fingerprint density at radius 1 is 0.831 bits per heavy atom. The van der Waals surface area contributed by atoms with Gasteiger partial charge in [-0.25, -0.2) is 14.8 Å². The number of imide groups is 1. The largest absolute Gasteiger partial charge is 0.382 e. The van der Waals surface area contributed by atoms with Crippen LogP contribution in [0.1, 0.15) is 82.4 Å². The lowest BCUT2D eigenvalue weighted by atomic mass is 9.96. The van der Waals surface area contributed by atoms with E-state index < -0.39 is 6.03 Å². The van der Waals surface area contributed by atoms with Crippen molar-refractivity contribution in [2.75, 3.05) is 55.5 Å². The second kappa shape index (κ2) is 23.7. The number of ether oxygens (including phenoxy) is 2. The van der Waals surface area contributed by atoms with Gasteiger partial charge in [0.15, 0.2) is 11.6 Å². The van der Waals surface area contributed by atoms with E-state index in [-0.39, 0.29) is 40.4 Å². The van der Waals surface area contributed by atoms with E-state index in [1.165, 1.54) is 32.3 Å². The predicted molar refractivity (Wildman–Crippen MR) is 224 cm³/mol. The smallest absolute Gasteiger partial charge is 0.323 e. The Bertz CT molecular complexity index is 2200. The minimum Gasteiger partial charge on any atom is -0.382 e. The molecule has 1 atom stereocenters. The number of carbonyl (C=O) groups is 6. The number of ketones is 2. The van der Waals surface area contributed by atoms with Crippen molar-refractivity contribution in [3.63, 3.8) is 0 Å². The Labute approximate surface area is 347 Å². The first-order valence-corrected chi connectivity index (χ1v) is 19.2. The number of amides is 5. The third-order valence-corrected chi connectivity index (χ3v) is 8.78.